The number of halogens is 3. The lowest BCUT2D eigenvalue weighted by molar-refractivity contribution is -0.138. The van der Waals surface area contributed by atoms with Crippen molar-refractivity contribution in [1.82, 2.24) is 9.97 Å². The summed E-state index contributed by atoms with van der Waals surface area (Å²) in [5.74, 6) is 1.23. The molecule has 0 saturated heterocycles. The molecule has 2 aromatic carbocycles. The van der Waals surface area contributed by atoms with E-state index in [2.05, 4.69) is 53.8 Å². The van der Waals surface area contributed by atoms with Gasteiger partial charge in [-0.3, -0.25) is 0 Å². The molecular weight excluding hydrogens is 432 g/mol. The van der Waals surface area contributed by atoms with Crippen molar-refractivity contribution >= 4 is 35.6 Å². The van der Waals surface area contributed by atoms with Crippen LogP contribution in [-0.2, 0) is 6.18 Å². The Kier molecular flexibility index (Phi) is 6.99. The molecule has 0 saturated carbocycles. The van der Waals surface area contributed by atoms with Gasteiger partial charge in [0.15, 0.2) is 0 Å². The van der Waals surface area contributed by atoms with Crippen molar-refractivity contribution in [2.24, 2.45) is 0 Å². The molecule has 4 nitrogen and oxygen atoms in total. The number of anilines is 2. The van der Waals surface area contributed by atoms with Crippen molar-refractivity contribution < 1.29 is 13.2 Å². The number of hydrogen-bond acceptors (Lipinski definition) is 4. The number of aromatic nitrogens is 2. The van der Waals surface area contributed by atoms with Crippen molar-refractivity contribution in [2.45, 2.75) is 52.9 Å². The molecule has 172 valence electrons. The Hall–Kier alpha value is -2.40. The van der Waals surface area contributed by atoms with Crippen LogP contribution < -0.4 is 15.9 Å². The van der Waals surface area contributed by atoms with Crippen molar-refractivity contribution in [3.63, 3.8) is 0 Å². The highest BCUT2D eigenvalue weighted by Crippen LogP contribution is 2.37. The van der Waals surface area contributed by atoms with E-state index in [9.17, 15) is 13.2 Å². The van der Waals surface area contributed by atoms with Gasteiger partial charge in [0.2, 0.25) is 0 Å². The monoisotopic (exact) mass is 462 g/mol. The van der Waals surface area contributed by atoms with Gasteiger partial charge in [0.1, 0.15) is 11.6 Å². The zero-order valence-corrected chi connectivity index (χ0v) is 20.4. The summed E-state index contributed by atoms with van der Waals surface area (Å²) in [4.78, 5) is 9.22. The minimum absolute atomic E-state index is 0.227. The summed E-state index contributed by atoms with van der Waals surface area (Å²) >= 11 is 0. The normalized spacial score (nSPS) is 13.1. The number of rotatable bonds is 6. The zero-order valence-electron chi connectivity index (χ0n) is 19.5. The standard InChI is InChI=1S/C24H30F3N4P/c1-13(2)28-21-12-20-18(11-22(21)32(6)7)23(31-16(5)30-20)29-15(4)17-9-8-10-19(14(17)3)24(25,26)27/h8-13,15,28H,1-7H3,(H,29,30,31)/t15-/m1/s1. The number of fused-ring (bicyclic) bond motifs is 1. The van der Waals surface area contributed by atoms with Gasteiger partial charge in [-0.1, -0.05) is 20.1 Å². The molecule has 0 amide bonds. The van der Waals surface area contributed by atoms with Gasteiger partial charge in [-0.2, -0.15) is 13.2 Å². The van der Waals surface area contributed by atoms with E-state index >= 15 is 0 Å². The quantitative estimate of drug-likeness (QED) is 0.404. The first-order valence-electron chi connectivity index (χ1n) is 10.6. The van der Waals surface area contributed by atoms with E-state index in [1.807, 2.05) is 19.9 Å². The second kappa shape index (κ2) is 9.22. The molecule has 0 radical (unpaired) electrons. The fraction of sp³-hybridized carbons (Fsp3) is 0.417. The van der Waals surface area contributed by atoms with Gasteiger partial charge in [0.25, 0.3) is 0 Å². The average Bonchev–Trinajstić information content (AvgIpc) is 2.65. The molecular formula is C24H30F3N4P. The lowest BCUT2D eigenvalue weighted by Crippen LogP contribution is -2.18. The van der Waals surface area contributed by atoms with Gasteiger partial charge in [0.05, 0.1) is 17.1 Å². The Morgan fingerprint density at radius 2 is 1.66 bits per heavy atom. The van der Waals surface area contributed by atoms with Gasteiger partial charge in [-0.15, -0.1) is 0 Å². The van der Waals surface area contributed by atoms with Crippen molar-refractivity contribution in [2.75, 3.05) is 24.0 Å². The first-order chi connectivity index (χ1) is 14.9. The Morgan fingerprint density at radius 1 is 0.969 bits per heavy atom. The number of hydrogen-bond donors (Lipinski definition) is 2. The second-order valence-electron chi connectivity index (χ2n) is 8.58. The third-order valence-corrected chi connectivity index (χ3v) is 6.69. The molecule has 0 aliphatic heterocycles. The Balaban J connectivity index is 2.09. The van der Waals surface area contributed by atoms with Crippen LogP contribution in [0.4, 0.5) is 24.7 Å². The molecule has 0 aliphatic rings. The largest absolute Gasteiger partial charge is 0.416 e. The number of benzene rings is 2. The van der Waals surface area contributed by atoms with Crippen molar-refractivity contribution in [3.05, 3.63) is 52.8 Å². The van der Waals surface area contributed by atoms with E-state index in [1.165, 1.54) is 18.3 Å². The first-order valence-corrected chi connectivity index (χ1v) is 12.8. The number of nitrogens with zero attached hydrogens (tertiary/aromatic N) is 2. The highest BCUT2D eigenvalue weighted by atomic mass is 31.1. The Morgan fingerprint density at radius 3 is 2.25 bits per heavy atom. The number of nitrogens with one attached hydrogen (secondary N) is 2. The maximum absolute atomic E-state index is 13.4. The molecule has 1 heterocycles. The molecule has 0 spiro atoms. The molecule has 0 fully saturated rings. The summed E-state index contributed by atoms with van der Waals surface area (Å²) in [5, 5.41) is 8.94. The molecule has 0 aliphatic carbocycles. The molecule has 3 rings (SSSR count). The molecule has 0 unspecified atom stereocenters. The van der Waals surface area contributed by atoms with Crippen LogP contribution in [0.2, 0.25) is 0 Å². The average molecular weight is 463 g/mol. The molecule has 8 heteroatoms. The Labute approximate surface area is 188 Å². The van der Waals surface area contributed by atoms with Crippen LogP contribution in [0.15, 0.2) is 30.3 Å². The lowest BCUT2D eigenvalue weighted by atomic mass is 9.97. The first kappa shape index (κ1) is 24.2. The van der Waals surface area contributed by atoms with Crippen molar-refractivity contribution in [1.29, 1.82) is 0 Å². The van der Waals surface area contributed by atoms with Gasteiger partial charge in [-0.05, 0) is 82.6 Å². The van der Waals surface area contributed by atoms with Crippen LogP contribution in [0.1, 0.15) is 49.3 Å². The summed E-state index contributed by atoms with van der Waals surface area (Å²) < 4.78 is 40.1. The molecule has 2 N–H and O–H groups in total. The van der Waals surface area contributed by atoms with Crippen LogP contribution in [-0.4, -0.2) is 29.3 Å². The van der Waals surface area contributed by atoms with E-state index in [-0.39, 0.29) is 17.6 Å². The Bertz CT molecular complexity index is 1130. The summed E-state index contributed by atoms with van der Waals surface area (Å²) in [7, 11) is -0.398. The third kappa shape index (κ3) is 5.15. The molecule has 3 aromatic rings. The molecule has 0 bridgehead atoms. The maximum atomic E-state index is 13.4. The summed E-state index contributed by atoms with van der Waals surface area (Å²) in [5.41, 5.74) is 2.08. The summed E-state index contributed by atoms with van der Waals surface area (Å²) in [6.07, 6.45) is -4.38. The minimum Gasteiger partial charge on any atom is -0.382 e. The van der Waals surface area contributed by atoms with Crippen LogP contribution in [0.5, 0.6) is 0 Å². The van der Waals surface area contributed by atoms with E-state index in [0.717, 1.165) is 22.7 Å². The predicted molar refractivity (Wildman–Crippen MR) is 130 cm³/mol. The zero-order chi connectivity index (χ0) is 23.8. The minimum atomic E-state index is -4.38. The van der Waals surface area contributed by atoms with Crippen LogP contribution >= 0.6 is 7.92 Å². The van der Waals surface area contributed by atoms with Crippen molar-refractivity contribution in [3.8, 4) is 0 Å². The number of alkyl halides is 3. The molecule has 1 aromatic heterocycles. The maximum Gasteiger partial charge on any atom is 0.416 e. The highest BCUT2D eigenvalue weighted by Gasteiger charge is 2.33. The molecule has 1 atom stereocenters. The van der Waals surface area contributed by atoms with E-state index in [0.29, 0.717) is 17.2 Å². The van der Waals surface area contributed by atoms with Crippen LogP contribution in [0.25, 0.3) is 10.9 Å². The van der Waals surface area contributed by atoms with E-state index < -0.39 is 19.7 Å². The van der Waals surface area contributed by atoms with Gasteiger partial charge in [0, 0.05) is 17.1 Å². The van der Waals surface area contributed by atoms with E-state index in [1.54, 1.807) is 6.07 Å². The van der Waals surface area contributed by atoms with Gasteiger partial charge >= 0.3 is 6.18 Å². The lowest BCUT2D eigenvalue weighted by Gasteiger charge is -2.22. The second-order valence-corrected chi connectivity index (χ2v) is 10.9. The topological polar surface area (TPSA) is 49.8 Å². The predicted octanol–water partition coefficient (Wildman–Crippen LogP) is 6.63. The fourth-order valence-electron chi connectivity index (χ4n) is 3.90. The summed E-state index contributed by atoms with van der Waals surface area (Å²) in [6.45, 7) is 13.8. The van der Waals surface area contributed by atoms with Gasteiger partial charge < -0.3 is 10.6 Å². The van der Waals surface area contributed by atoms with E-state index in [4.69, 9.17) is 0 Å². The van der Waals surface area contributed by atoms with Crippen LogP contribution in [0.3, 0.4) is 0 Å². The highest BCUT2D eigenvalue weighted by molar-refractivity contribution is 7.64. The smallest absolute Gasteiger partial charge is 0.382 e. The van der Waals surface area contributed by atoms with Crippen LogP contribution in [0, 0.1) is 13.8 Å². The third-order valence-electron chi connectivity index (χ3n) is 5.35. The van der Waals surface area contributed by atoms with Gasteiger partial charge in [-0.25, -0.2) is 9.97 Å². The number of aryl methyl sites for hydroxylation is 1. The summed E-state index contributed by atoms with van der Waals surface area (Å²) in [6, 6.07) is 8.38. The SMILES string of the molecule is Cc1nc(N[C@H](C)c2cccc(C(F)(F)F)c2C)c2cc(P(C)C)c(NC(C)C)cc2n1. The molecule has 32 heavy (non-hydrogen) atoms. The fourth-order valence-corrected chi connectivity index (χ4v) is 4.90.